The number of halogens is 4. The molecule has 0 radical (unpaired) electrons. The summed E-state index contributed by atoms with van der Waals surface area (Å²) in [5.41, 5.74) is 5.63. The van der Waals surface area contributed by atoms with Crippen LogP contribution in [-0.2, 0) is 11.2 Å². The van der Waals surface area contributed by atoms with Crippen LogP contribution in [0.4, 0.5) is 17.6 Å². The Kier molecular flexibility index (Phi) is 4.12. The number of nitrogens with two attached hydrogens (primary N) is 1. The van der Waals surface area contributed by atoms with Crippen molar-refractivity contribution in [3.8, 4) is 17.0 Å². The molecule has 0 unspecified atom stereocenters. The summed E-state index contributed by atoms with van der Waals surface area (Å²) in [7, 11) is 0. The highest BCUT2D eigenvalue weighted by Crippen LogP contribution is 2.30. The van der Waals surface area contributed by atoms with Crippen LogP contribution in [0.25, 0.3) is 11.3 Å². The van der Waals surface area contributed by atoms with Crippen LogP contribution in [0.15, 0.2) is 23.6 Å². The number of thiazole rings is 1. The van der Waals surface area contributed by atoms with Crippen molar-refractivity contribution in [2.45, 2.75) is 12.8 Å². The minimum Gasteiger partial charge on any atom is -0.403 e. The predicted molar refractivity (Wildman–Crippen MR) is 67.1 cm³/mol. The number of rotatable bonds is 4. The van der Waals surface area contributed by atoms with Crippen molar-refractivity contribution in [2.24, 2.45) is 5.73 Å². The lowest BCUT2D eigenvalue weighted by Gasteiger charge is -2.10. The van der Waals surface area contributed by atoms with Gasteiger partial charge in [-0.1, -0.05) is 0 Å². The molecule has 0 aliphatic carbocycles. The fourth-order valence-corrected chi connectivity index (χ4v) is 2.35. The molecule has 1 aromatic carbocycles. The minimum atomic E-state index is -4.96. The van der Waals surface area contributed by atoms with Gasteiger partial charge in [-0.15, -0.1) is 24.5 Å². The molecule has 2 aromatic rings. The Bertz CT molecular complexity index is 670. The molecule has 4 nitrogen and oxygen atoms in total. The number of benzene rings is 1. The summed E-state index contributed by atoms with van der Waals surface area (Å²) in [6.07, 6.45) is -5.01. The fourth-order valence-electron chi connectivity index (χ4n) is 1.54. The average molecular weight is 320 g/mol. The highest BCUT2D eigenvalue weighted by atomic mass is 32.1. The molecule has 1 aromatic heterocycles. The highest BCUT2D eigenvalue weighted by Gasteiger charge is 2.32. The molecule has 9 heteroatoms. The molecule has 21 heavy (non-hydrogen) atoms. The third-order valence-electron chi connectivity index (χ3n) is 2.33. The van der Waals surface area contributed by atoms with E-state index in [1.807, 2.05) is 0 Å². The van der Waals surface area contributed by atoms with Crippen LogP contribution in [0.5, 0.6) is 5.75 Å². The predicted octanol–water partition coefficient (Wildman–Crippen LogP) is 2.88. The Morgan fingerprint density at radius 3 is 2.67 bits per heavy atom. The van der Waals surface area contributed by atoms with E-state index in [4.69, 9.17) is 5.73 Å². The van der Waals surface area contributed by atoms with E-state index in [2.05, 4.69) is 9.72 Å². The minimum absolute atomic E-state index is 0.0532. The summed E-state index contributed by atoms with van der Waals surface area (Å²) in [6, 6.07) is 2.99. The number of amides is 1. The molecule has 0 aliphatic heterocycles. The molecule has 2 N–H and O–H groups in total. The van der Waals surface area contributed by atoms with Gasteiger partial charge in [-0.2, -0.15) is 0 Å². The molecule has 0 spiro atoms. The van der Waals surface area contributed by atoms with Crippen LogP contribution in [0, 0.1) is 5.82 Å². The monoisotopic (exact) mass is 320 g/mol. The second kappa shape index (κ2) is 5.68. The Morgan fingerprint density at radius 2 is 2.10 bits per heavy atom. The van der Waals surface area contributed by atoms with Crippen LogP contribution in [0.1, 0.15) is 5.01 Å². The van der Waals surface area contributed by atoms with Crippen molar-refractivity contribution >= 4 is 17.2 Å². The van der Waals surface area contributed by atoms with Crippen molar-refractivity contribution in [1.82, 2.24) is 4.98 Å². The fraction of sp³-hybridized carbons (Fsp3) is 0.167. The molecule has 0 bridgehead atoms. The second-order valence-electron chi connectivity index (χ2n) is 3.96. The van der Waals surface area contributed by atoms with Crippen molar-refractivity contribution in [1.29, 1.82) is 0 Å². The number of aromatic nitrogens is 1. The van der Waals surface area contributed by atoms with Crippen molar-refractivity contribution in [2.75, 3.05) is 0 Å². The summed E-state index contributed by atoms with van der Waals surface area (Å²) < 4.78 is 53.2. The number of ether oxygens (including phenoxy) is 1. The van der Waals surface area contributed by atoms with Gasteiger partial charge in [0.25, 0.3) is 0 Å². The van der Waals surface area contributed by atoms with Crippen molar-refractivity contribution < 1.29 is 27.1 Å². The van der Waals surface area contributed by atoms with E-state index >= 15 is 0 Å². The second-order valence-corrected chi connectivity index (χ2v) is 4.91. The first-order valence-corrected chi connectivity index (χ1v) is 6.41. The number of carbonyl (C=O) groups is 1. The van der Waals surface area contributed by atoms with Gasteiger partial charge in [0.2, 0.25) is 5.91 Å². The van der Waals surface area contributed by atoms with Gasteiger partial charge in [-0.3, -0.25) is 4.79 Å². The van der Waals surface area contributed by atoms with E-state index in [1.54, 1.807) is 5.38 Å². The smallest absolute Gasteiger partial charge is 0.403 e. The Hall–Kier alpha value is -2.16. The number of primary amides is 1. The van der Waals surface area contributed by atoms with Gasteiger partial charge in [0.15, 0.2) is 11.6 Å². The maximum atomic E-state index is 13.6. The number of hydrogen-bond acceptors (Lipinski definition) is 4. The molecular weight excluding hydrogens is 312 g/mol. The first kappa shape index (κ1) is 15.2. The molecule has 2 rings (SSSR count). The summed E-state index contributed by atoms with van der Waals surface area (Å²) >= 11 is 1.15. The molecular formula is C12H8F4N2O2S. The standard InChI is InChI=1S/C12H8F4N2O2S/c13-7-3-6(1-2-9(7)20-12(14,15)16)8-5-21-11(18-8)4-10(17)19/h1-3,5H,4H2,(H2,17,19). The largest absolute Gasteiger partial charge is 0.573 e. The van der Waals surface area contributed by atoms with E-state index in [0.29, 0.717) is 10.7 Å². The highest BCUT2D eigenvalue weighted by molar-refractivity contribution is 7.10. The molecule has 0 saturated heterocycles. The van der Waals surface area contributed by atoms with E-state index in [9.17, 15) is 22.4 Å². The third kappa shape index (κ3) is 4.15. The van der Waals surface area contributed by atoms with Gasteiger partial charge >= 0.3 is 6.36 Å². The van der Waals surface area contributed by atoms with Gasteiger partial charge in [0, 0.05) is 10.9 Å². The average Bonchev–Trinajstić information content (AvgIpc) is 2.77. The SMILES string of the molecule is NC(=O)Cc1nc(-c2ccc(OC(F)(F)F)c(F)c2)cs1. The van der Waals surface area contributed by atoms with Crippen LogP contribution in [-0.4, -0.2) is 17.3 Å². The lowest BCUT2D eigenvalue weighted by Crippen LogP contribution is -2.17. The molecule has 0 saturated carbocycles. The molecule has 0 aliphatic rings. The van der Waals surface area contributed by atoms with E-state index in [1.165, 1.54) is 6.07 Å². The quantitative estimate of drug-likeness (QED) is 0.881. The van der Waals surface area contributed by atoms with E-state index < -0.39 is 23.8 Å². The Morgan fingerprint density at radius 1 is 1.38 bits per heavy atom. The summed E-state index contributed by atoms with van der Waals surface area (Å²) in [5.74, 6) is -2.64. The van der Waals surface area contributed by atoms with Gasteiger partial charge in [-0.05, 0) is 18.2 Å². The first-order valence-electron chi connectivity index (χ1n) is 5.53. The lowest BCUT2D eigenvalue weighted by atomic mass is 10.1. The van der Waals surface area contributed by atoms with Crippen LogP contribution in [0.2, 0.25) is 0 Å². The Balaban J connectivity index is 2.23. The number of carbonyl (C=O) groups excluding carboxylic acids is 1. The third-order valence-corrected chi connectivity index (χ3v) is 3.18. The molecule has 112 valence electrons. The lowest BCUT2D eigenvalue weighted by molar-refractivity contribution is -0.275. The Labute approximate surface area is 120 Å². The van der Waals surface area contributed by atoms with Gasteiger partial charge in [0.1, 0.15) is 5.01 Å². The zero-order valence-electron chi connectivity index (χ0n) is 10.3. The summed E-state index contributed by atoms with van der Waals surface area (Å²) in [6.45, 7) is 0. The maximum Gasteiger partial charge on any atom is 0.573 e. The maximum absolute atomic E-state index is 13.6. The molecule has 0 atom stereocenters. The zero-order valence-corrected chi connectivity index (χ0v) is 11.1. The van der Waals surface area contributed by atoms with Crippen LogP contribution >= 0.6 is 11.3 Å². The van der Waals surface area contributed by atoms with Crippen molar-refractivity contribution in [3.63, 3.8) is 0 Å². The van der Waals surface area contributed by atoms with Crippen molar-refractivity contribution in [3.05, 3.63) is 34.4 Å². The molecule has 0 fully saturated rings. The number of hydrogen-bond donors (Lipinski definition) is 1. The zero-order chi connectivity index (χ0) is 15.6. The van der Waals surface area contributed by atoms with Gasteiger partial charge in [-0.25, -0.2) is 9.37 Å². The van der Waals surface area contributed by atoms with E-state index in [-0.39, 0.29) is 12.0 Å². The molecule has 1 amide bonds. The normalized spacial score (nSPS) is 11.4. The number of alkyl halides is 3. The van der Waals surface area contributed by atoms with Gasteiger partial charge in [0.05, 0.1) is 12.1 Å². The van der Waals surface area contributed by atoms with Crippen LogP contribution in [0.3, 0.4) is 0 Å². The topological polar surface area (TPSA) is 65.2 Å². The number of nitrogens with zero attached hydrogens (tertiary/aromatic N) is 1. The van der Waals surface area contributed by atoms with E-state index in [0.717, 1.165) is 23.5 Å². The van der Waals surface area contributed by atoms with Crippen LogP contribution < -0.4 is 10.5 Å². The summed E-state index contributed by atoms with van der Waals surface area (Å²) in [4.78, 5) is 14.8. The summed E-state index contributed by atoms with van der Waals surface area (Å²) in [5, 5.41) is 1.99. The molecule has 1 heterocycles. The first-order chi connectivity index (χ1) is 9.74. The van der Waals surface area contributed by atoms with Gasteiger partial charge < -0.3 is 10.5 Å².